The Balaban J connectivity index is 2.21. The van der Waals surface area contributed by atoms with Gasteiger partial charge in [0, 0.05) is 22.2 Å². The number of methoxy groups -OCH3 is 3. The van der Waals surface area contributed by atoms with Crippen molar-refractivity contribution in [1.29, 1.82) is 0 Å². The summed E-state index contributed by atoms with van der Waals surface area (Å²) in [6.07, 6.45) is 0.993. The molecule has 0 aromatic heterocycles. The molecule has 164 valence electrons. The number of nitrogens with one attached hydrogen (secondary N) is 1. The lowest BCUT2D eigenvalue weighted by Crippen LogP contribution is -2.40. The summed E-state index contributed by atoms with van der Waals surface area (Å²) in [7, 11) is 0.677. The lowest BCUT2D eigenvalue weighted by atomic mass is 10.1. The molecule has 0 saturated heterocycles. The third kappa shape index (κ3) is 5.84. The van der Waals surface area contributed by atoms with Gasteiger partial charge in [-0.3, -0.25) is 9.10 Å². The summed E-state index contributed by atoms with van der Waals surface area (Å²) < 4.78 is 41.3. The van der Waals surface area contributed by atoms with Crippen LogP contribution in [0.2, 0.25) is 10.0 Å². The van der Waals surface area contributed by atoms with Gasteiger partial charge in [0.15, 0.2) is 11.5 Å². The molecule has 1 N–H and O–H groups in total. The first-order valence-corrected chi connectivity index (χ1v) is 11.2. The molecule has 0 radical (unpaired) electrons. The summed E-state index contributed by atoms with van der Waals surface area (Å²) in [6, 6.07) is 7.69. The molecule has 2 aromatic rings. The van der Waals surface area contributed by atoms with Crippen LogP contribution in [-0.2, 0) is 21.4 Å². The van der Waals surface area contributed by atoms with E-state index >= 15 is 0 Å². The molecule has 0 bridgehead atoms. The fourth-order valence-corrected chi connectivity index (χ4v) is 4.12. The maximum Gasteiger partial charge on any atom is 0.241 e. The quantitative estimate of drug-likeness (QED) is 0.597. The number of hydrogen-bond acceptors (Lipinski definition) is 6. The summed E-state index contributed by atoms with van der Waals surface area (Å²) in [6.45, 7) is -0.374. The van der Waals surface area contributed by atoms with Crippen molar-refractivity contribution in [2.75, 3.05) is 38.4 Å². The number of amides is 1. The van der Waals surface area contributed by atoms with Crippen molar-refractivity contribution < 1.29 is 27.4 Å². The highest BCUT2D eigenvalue weighted by atomic mass is 35.5. The van der Waals surface area contributed by atoms with Crippen molar-refractivity contribution in [3.63, 3.8) is 0 Å². The second-order valence-corrected chi connectivity index (χ2v) is 8.95. The molecule has 0 aliphatic heterocycles. The largest absolute Gasteiger partial charge is 0.493 e. The van der Waals surface area contributed by atoms with Crippen molar-refractivity contribution in [2.45, 2.75) is 6.54 Å². The average molecular weight is 477 g/mol. The molecule has 2 rings (SSSR count). The van der Waals surface area contributed by atoms with Crippen LogP contribution in [0.15, 0.2) is 30.3 Å². The smallest absolute Gasteiger partial charge is 0.241 e. The first kappa shape index (κ1) is 23.9. The molecule has 0 aliphatic rings. The van der Waals surface area contributed by atoms with E-state index in [1.165, 1.54) is 39.5 Å². The van der Waals surface area contributed by atoms with Crippen LogP contribution < -0.4 is 23.8 Å². The van der Waals surface area contributed by atoms with Gasteiger partial charge >= 0.3 is 0 Å². The summed E-state index contributed by atoms with van der Waals surface area (Å²) in [5.41, 5.74) is 0.814. The van der Waals surface area contributed by atoms with Gasteiger partial charge in [-0.2, -0.15) is 0 Å². The topological polar surface area (TPSA) is 94.2 Å². The maximum absolute atomic E-state index is 12.5. The molecular weight excluding hydrogens is 455 g/mol. The van der Waals surface area contributed by atoms with Gasteiger partial charge in [0.05, 0.1) is 33.3 Å². The number of benzene rings is 2. The molecule has 8 nitrogen and oxygen atoms in total. The minimum absolute atomic E-state index is 0.0796. The van der Waals surface area contributed by atoms with Crippen molar-refractivity contribution in [1.82, 2.24) is 5.32 Å². The van der Waals surface area contributed by atoms with Crippen molar-refractivity contribution >= 4 is 44.8 Å². The molecule has 0 heterocycles. The molecule has 1 amide bonds. The number of halogens is 2. The van der Waals surface area contributed by atoms with Crippen molar-refractivity contribution in [3.05, 3.63) is 45.9 Å². The van der Waals surface area contributed by atoms with Gasteiger partial charge in [-0.25, -0.2) is 8.42 Å². The number of carbonyl (C=O) groups is 1. The third-order valence-electron chi connectivity index (χ3n) is 4.08. The van der Waals surface area contributed by atoms with E-state index in [9.17, 15) is 13.2 Å². The highest BCUT2D eigenvalue weighted by Crippen LogP contribution is 2.39. The van der Waals surface area contributed by atoms with Crippen LogP contribution in [0.3, 0.4) is 0 Å². The maximum atomic E-state index is 12.5. The first-order valence-electron chi connectivity index (χ1n) is 8.59. The average Bonchev–Trinajstić information content (AvgIpc) is 2.67. The number of sulfonamides is 1. The predicted octanol–water partition coefficient (Wildman–Crippen LogP) is 3.10. The van der Waals surface area contributed by atoms with Crippen molar-refractivity contribution in [3.8, 4) is 17.2 Å². The zero-order valence-corrected chi connectivity index (χ0v) is 19.2. The van der Waals surface area contributed by atoms with Crippen molar-refractivity contribution in [2.24, 2.45) is 0 Å². The number of carbonyl (C=O) groups excluding carboxylic acids is 1. The summed E-state index contributed by atoms with van der Waals surface area (Å²) in [5.74, 6) is 0.732. The van der Waals surface area contributed by atoms with Gasteiger partial charge < -0.3 is 19.5 Å². The number of nitrogens with zero attached hydrogens (tertiary/aromatic N) is 1. The van der Waals surface area contributed by atoms with Crippen LogP contribution in [0.5, 0.6) is 17.2 Å². The first-order chi connectivity index (χ1) is 14.1. The number of ether oxygens (including phenoxy) is 3. The Labute approximate surface area is 185 Å². The van der Waals surface area contributed by atoms with Crippen LogP contribution in [0.4, 0.5) is 5.69 Å². The van der Waals surface area contributed by atoms with Gasteiger partial charge in [-0.05, 0) is 30.3 Å². The van der Waals surface area contributed by atoms with Crippen LogP contribution in [0, 0.1) is 0 Å². The van der Waals surface area contributed by atoms with E-state index in [0.717, 1.165) is 10.6 Å². The van der Waals surface area contributed by atoms with E-state index in [4.69, 9.17) is 37.4 Å². The van der Waals surface area contributed by atoms with E-state index < -0.39 is 22.5 Å². The molecule has 0 aliphatic carbocycles. The summed E-state index contributed by atoms with van der Waals surface area (Å²) >= 11 is 11.9. The zero-order valence-electron chi connectivity index (χ0n) is 16.9. The second-order valence-electron chi connectivity index (χ2n) is 6.17. The van der Waals surface area contributed by atoms with E-state index in [2.05, 4.69) is 5.32 Å². The fraction of sp³-hybridized carbons (Fsp3) is 0.316. The third-order valence-corrected chi connectivity index (χ3v) is 5.66. The van der Waals surface area contributed by atoms with Crippen LogP contribution in [0.25, 0.3) is 0 Å². The van der Waals surface area contributed by atoms with Crippen LogP contribution in [-0.4, -0.2) is 48.5 Å². The SMILES string of the molecule is COc1ccc(CNC(=O)CN(c2cc(Cl)cc(Cl)c2)S(C)(=O)=O)c(OC)c1OC. The predicted molar refractivity (Wildman–Crippen MR) is 117 cm³/mol. The molecule has 2 aromatic carbocycles. The number of rotatable bonds is 9. The Kier molecular flexibility index (Phi) is 8.05. The molecule has 30 heavy (non-hydrogen) atoms. The number of hydrogen-bond donors (Lipinski definition) is 1. The Bertz CT molecular complexity index is 1010. The second kappa shape index (κ2) is 10.1. The summed E-state index contributed by atoms with van der Waals surface area (Å²) in [5, 5.41) is 3.18. The lowest BCUT2D eigenvalue weighted by molar-refractivity contribution is -0.119. The monoisotopic (exact) mass is 476 g/mol. The Morgan fingerprint density at radius 2 is 1.60 bits per heavy atom. The molecule has 0 unspecified atom stereocenters. The molecular formula is C19H22Cl2N2O6S. The van der Waals surface area contributed by atoms with Gasteiger partial charge in [0.2, 0.25) is 21.7 Å². The van der Waals surface area contributed by atoms with E-state index in [0.29, 0.717) is 22.8 Å². The fourth-order valence-electron chi connectivity index (χ4n) is 2.77. The Morgan fingerprint density at radius 3 is 2.10 bits per heavy atom. The Hall–Kier alpha value is -2.36. The molecule has 0 fully saturated rings. The minimum atomic E-state index is -3.77. The highest BCUT2D eigenvalue weighted by molar-refractivity contribution is 7.92. The Morgan fingerprint density at radius 1 is 1.00 bits per heavy atom. The lowest BCUT2D eigenvalue weighted by Gasteiger charge is -2.22. The van der Waals surface area contributed by atoms with Gasteiger partial charge in [-0.1, -0.05) is 23.2 Å². The van der Waals surface area contributed by atoms with Crippen LogP contribution >= 0.6 is 23.2 Å². The van der Waals surface area contributed by atoms with E-state index in [1.54, 1.807) is 12.1 Å². The molecule has 0 atom stereocenters. The zero-order chi connectivity index (χ0) is 22.5. The van der Waals surface area contributed by atoms with Gasteiger partial charge in [-0.15, -0.1) is 0 Å². The van der Waals surface area contributed by atoms with Crippen LogP contribution in [0.1, 0.15) is 5.56 Å². The van der Waals surface area contributed by atoms with E-state index in [1.807, 2.05) is 0 Å². The highest BCUT2D eigenvalue weighted by Gasteiger charge is 2.22. The van der Waals surface area contributed by atoms with Gasteiger partial charge in [0.1, 0.15) is 6.54 Å². The minimum Gasteiger partial charge on any atom is -0.493 e. The number of anilines is 1. The summed E-state index contributed by atoms with van der Waals surface area (Å²) in [4.78, 5) is 12.5. The standard InChI is InChI=1S/C19H22Cl2N2O6S/c1-27-16-6-5-12(18(28-2)19(16)29-3)10-22-17(24)11-23(30(4,25)26)15-8-13(20)7-14(21)9-15/h5-9H,10-11H2,1-4H3,(H,22,24). The molecule has 0 spiro atoms. The molecule has 11 heteroatoms. The molecule has 0 saturated carbocycles. The van der Waals surface area contributed by atoms with E-state index in [-0.39, 0.29) is 22.3 Å². The normalized spacial score (nSPS) is 11.0. The van der Waals surface area contributed by atoms with Gasteiger partial charge in [0.25, 0.3) is 0 Å².